The molecule has 1 aliphatic carbocycles. The van der Waals surface area contributed by atoms with E-state index in [-0.39, 0.29) is 0 Å². The zero-order valence-corrected chi connectivity index (χ0v) is 10.3. The third-order valence-electron chi connectivity index (χ3n) is 3.03. The summed E-state index contributed by atoms with van der Waals surface area (Å²) in [4.78, 5) is 0. The lowest BCUT2D eigenvalue weighted by molar-refractivity contribution is 0.0716. The van der Waals surface area contributed by atoms with Gasteiger partial charge in [-0.25, -0.2) is 0 Å². The molecule has 0 amide bonds. The van der Waals surface area contributed by atoms with Crippen molar-refractivity contribution < 1.29 is 12.6 Å². The van der Waals surface area contributed by atoms with Crippen molar-refractivity contribution >= 4 is 10.1 Å². The van der Waals surface area contributed by atoms with E-state index in [1.54, 1.807) is 0 Å². The predicted molar refractivity (Wildman–Crippen MR) is 62.4 cm³/mol. The SMILES string of the molecule is CC(OS(C)(=O)=O)(c1ccccc1)C1CC1. The van der Waals surface area contributed by atoms with Crippen LogP contribution in [0.2, 0.25) is 0 Å². The minimum absolute atomic E-state index is 0.310. The van der Waals surface area contributed by atoms with Crippen molar-refractivity contribution in [1.29, 1.82) is 0 Å². The minimum atomic E-state index is -3.43. The average molecular weight is 240 g/mol. The van der Waals surface area contributed by atoms with Crippen molar-refractivity contribution in [3.63, 3.8) is 0 Å². The average Bonchev–Trinajstić information content (AvgIpc) is 2.99. The van der Waals surface area contributed by atoms with Gasteiger partial charge in [-0.3, -0.25) is 4.18 Å². The topological polar surface area (TPSA) is 43.4 Å². The van der Waals surface area contributed by atoms with Gasteiger partial charge in [0.25, 0.3) is 10.1 Å². The molecule has 1 fully saturated rings. The van der Waals surface area contributed by atoms with Gasteiger partial charge in [0.05, 0.1) is 6.26 Å². The molecule has 1 saturated carbocycles. The molecule has 1 atom stereocenters. The Morgan fingerprint density at radius 3 is 2.25 bits per heavy atom. The molecule has 0 aliphatic heterocycles. The molecule has 3 nitrogen and oxygen atoms in total. The van der Waals surface area contributed by atoms with Crippen LogP contribution in [0.5, 0.6) is 0 Å². The first-order valence-corrected chi connectivity index (χ1v) is 7.19. The van der Waals surface area contributed by atoms with Crippen LogP contribution in [0.3, 0.4) is 0 Å². The van der Waals surface area contributed by atoms with E-state index in [0.717, 1.165) is 24.7 Å². The Hall–Kier alpha value is -0.870. The fraction of sp³-hybridized carbons (Fsp3) is 0.500. The summed E-state index contributed by atoms with van der Waals surface area (Å²) in [7, 11) is -3.43. The lowest BCUT2D eigenvalue weighted by Crippen LogP contribution is -2.31. The number of rotatable bonds is 4. The van der Waals surface area contributed by atoms with Gasteiger partial charge in [-0.15, -0.1) is 0 Å². The van der Waals surface area contributed by atoms with Crippen molar-refractivity contribution in [2.24, 2.45) is 5.92 Å². The zero-order valence-electron chi connectivity index (χ0n) is 9.51. The van der Waals surface area contributed by atoms with Crippen molar-refractivity contribution in [3.8, 4) is 0 Å². The van der Waals surface area contributed by atoms with Crippen molar-refractivity contribution in [2.45, 2.75) is 25.4 Å². The van der Waals surface area contributed by atoms with E-state index in [9.17, 15) is 8.42 Å². The first-order valence-electron chi connectivity index (χ1n) is 5.38. The molecule has 4 heteroatoms. The van der Waals surface area contributed by atoms with E-state index in [0.29, 0.717) is 5.92 Å². The summed E-state index contributed by atoms with van der Waals surface area (Å²) in [5.74, 6) is 0.310. The van der Waals surface area contributed by atoms with Crippen LogP contribution in [0, 0.1) is 5.92 Å². The fourth-order valence-corrected chi connectivity index (χ4v) is 2.93. The van der Waals surface area contributed by atoms with Crippen molar-refractivity contribution in [3.05, 3.63) is 35.9 Å². The Kier molecular flexibility index (Phi) is 2.80. The summed E-state index contributed by atoms with van der Waals surface area (Å²) in [6, 6.07) is 9.56. The van der Waals surface area contributed by atoms with Crippen LogP contribution in [0.25, 0.3) is 0 Å². The highest BCUT2D eigenvalue weighted by Gasteiger charge is 2.46. The molecule has 1 aliphatic rings. The molecule has 0 heterocycles. The van der Waals surface area contributed by atoms with Gasteiger partial charge in [0.15, 0.2) is 0 Å². The Balaban J connectivity index is 2.36. The van der Waals surface area contributed by atoms with E-state index in [1.807, 2.05) is 37.3 Å². The Morgan fingerprint density at radius 1 is 1.25 bits per heavy atom. The van der Waals surface area contributed by atoms with E-state index < -0.39 is 15.7 Å². The van der Waals surface area contributed by atoms with E-state index in [1.165, 1.54) is 0 Å². The highest BCUT2D eigenvalue weighted by Crippen LogP contribution is 2.48. The second kappa shape index (κ2) is 3.86. The zero-order chi connectivity index (χ0) is 11.8. The minimum Gasteiger partial charge on any atom is -0.259 e. The lowest BCUT2D eigenvalue weighted by Gasteiger charge is -2.28. The van der Waals surface area contributed by atoms with Gasteiger partial charge in [-0.2, -0.15) is 8.42 Å². The molecular weight excluding hydrogens is 224 g/mol. The molecule has 0 spiro atoms. The molecule has 1 unspecified atom stereocenters. The summed E-state index contributed by atoms with van der Waals surface area (Å²) in [6.45, 7) is 1.86. The normalized spacial score (nSPS) is 20.4. The highest BCUT2D eigenvalue weighted by molar-refractivity contribution is 7.86. The first-order chi connectivity index (χ1) is 7.42. The van der Waals surface area contributed by atoms with Crippen LogP contribution in [-0.4, -0.2) is 14.7 Å². The Bertz CT molecular complexity index is 462. The van der Waals surface area contributed by atoms with Crippen LogP contribution in [0.1, 0.15) is 25.3 Å². The highest BCUT2D eigenvalue weighted by atomic mass is 32.2. The maximum atomic E-state index is 11.3. The molecule has 88 valence electrons. The summed E-state index contributed by atoms with van der Waals surface area (Å²) in [6.07, 6.45) is 3.17. The fourth-order valence-electron chi connectivity index (χ4n) is 2.07. The van der Waals surface area contributed by atoms with Crippen LogP contribution >= 0.6 is 0 Å². The summed E-state index contributed by atoms with van der Waals surface area (Å²) in [5.41, 5.74) is 0.234. The molecule has 2 rings (SSSR count). The number of benzene rings is 1. The monoisotopic (exact) mass is 240 g/mol. The summed E-state index contributed by atoms with van der Waals surface area (Å²) < 4.78 is 28.0. The molecule has 16 heavy (non-hydrogen) atoms. The quantitative estimate of drug-likeness (QED) is 0.758. The predicted octanol–water partition coefficient (Wildman–Crippen LogP) is 2.29. The van der Waals surface area contributed by atoms with Crippen LogP contribution in [-0.2, 0) is 19.9 Å². The van der Waals surface area contributed by atoms with Gasteiger partial charge >= 0.3 is 0 Å². The molecule has 0 N–H and O–H groups in total. The Labute approximate surface area is 96.6 Å². The molecule has 0 bridgehead atoms. The summed E-state index contributed by atoms with van der Waals surface area (Å²) in [5, 5.41) is 0. The molecular formula is C12H16O3S. The van der Waals surface area contributed by atoms with E-state index >= 15 is 0 Å². The van der Waals surface area contributed by atoms with Crippen molar-refractivity contribution in [2.75, 3.05) is 6.26 Å². The van der Waals surface area contributed by atoms with Gasteiger partial charge in [0, 0.05) is 0 Å². The van der Waals surface area contributed by atoms with Crippen molar-refractivity contribution in [1.82, 2.24) is 0 Å². The maximum absolute atomic E-state index is 11.3. The standard InChI is InChI=1S/C12H16O3S/c1-12(11-8-9-11,15-16(2,13)14)10-6-4-3-5-7-10/h3-7,11H,8-9H2,1-2H3. The largest absolute Gasteiger partial charge is 0.265 e. The molecule has 0 radical (unpaired) electrons. The van der Waals surface area contributed by atoms with Gasteiger partial charge in [-0.1, -0.05) is 30.3 Å². The van der Waals surface area contributed by atoms with Crippen LogP contribution in [0.15, 0.2) is 30.3 Å². The molecule has 1 aromatic carbocycles. The third-order valence-corrected chi connectivity index (χ3v) is 3.68. The number of hydrogen-bond acceptors (Lipinski definition) is 3. The number of hydrogen-bond donors (Lipinski definition) is 0. The van der Waals surface area contributed by atoms with E-state index in [2.05, 4.69) is 0 Å². The molecule has 1 aromatic rings. The van der Waals surface area contributed by atoms with Gasteiger partial charge < -0.3 is 0 Å². The lowest BCUT2D eigenvalue weighted by atomic mass is 9.91. The van der Waals surface area contributed by atoms with Gasteiger partial charge in [0.1, 0.15) is 5.60 Å². The smallest absolute Gasteiger partial charge is 0.259 e. The Morgan fingerprint density at radius 2 is 1.81 bits per heavy atom. The molecule has 0 saturated heterocycles. The summed E-state index contributed by atoms with van der Waals surface area (Å²) >= 11 is 0. The second-order valence-electron chi connectivity index (χ2n) is 4.53. The van der Waals surface area contributed by atoms with Crippen LogP contribution in [0.4, 0.5) is 0 Å². The van der Waals surface area contributed by atoms with E-state index in [4.69, 9.17) is 4.18 Å². The second-order valence-corrected chi connectivity index (χ2v) is 6.11. The first kappa shape index (κ1) is 11.6. The van der Waals surface area contributed by atoms with Gasteiger partial charge in [-0.05, 0) is 31.2 Å². The third kappa shape index (κ3) is 2.44. The van der Waals surface area contributed by atoms with Gasteiger partial charge in [0.2, 0.25) is 0 Å². The maximum Gasteiger partial charge on any atom is 0.265 e. The van der Waals surface area contributed by atoms with Crippen LogP contribution < -0.4 is 0 Å². The molecule has 0 aromatic heterocycles.